The molecule has 6 heteroatoms. The van der Waals surface area contributed by atoms with Crippen LogP contribution in [-0.4, -0.2) is 40.2 Å². The number of carbonyl (C=O) groups excluding carboxylic acids is 1. The first-order chi connectivity index (χ1) is 9.54. The Bertz CT molecular complexity index is 549. The minimum atomic E-state index is -1.22. The van der Waals surface area contributed by atoms with E-state index in [-0.39, 0.29) is 28.5 Å². The van der Waals surface area contributed by atoms with Gasteiger partial charge >= 0.3 is 12.0 Å². The van der Waals surface area contributed by atoms with E-state index in [2.05, 4.69) is 5.32 Å². The number of phenolic OH excluding ortho intramolecular Hbond substituents is 1. The van der Waals surface area contributed by atoms with Gasteiger partial charge in [-0.3, -0.25) is 0 Å². The van der Waals surface area contributed by atoms with Crippen LogP contribution >= 0.6 is 0 Å². The van der Waals surface area contributed by atoms with Crippen molar-refractivity contribution in [3.05, 3.63) is 23.8 Å². The highest BCUT2D eigenvalue weighted by Gasteiger charge is 2.27. The Balaban J connectivity index is 2.96. The van der Waals surface area contributed by atoms with Gasteiger partial charge in [0.05, 0.1) is 11.3 Å². The van der Waals surface area contributed by atoms with Crippen LogP contribution < -0.4 is 5.32 Å². The lowest BCUT2D eigenvalue weighted by atomic mass is 9.87. The maximum Gasteiger partial charge on any atom is 0.337 e. The van der Waals surface area contributed by atoms with Crippen molar-refractivity contribution in [1.29, 1.82) is 0 Å². The third kappa shape index (κ3) is 4.11. The van der Waals surface area contributed by atoms with Crippen molar-refractivity contribution in [1.82, 2.24) is 4.90 Å². The molecule has 0 fully saturated rings. The van der Waals surface area contributed by atoms with Crippen LogP contribution in [0.2, 0.25) is 0 Å². The third-order valence-electron chi connectivity index (χ3n) is 3.63. The first-order valence-corrected chi connectivity index (χ1v) is 6.64. The summed E-state index contributed by atoms with van der Waals surface area (Å²) in [5.74, 6) is -1.38. The number of amides is 2. The summed E-state index contributed by atoms with van der Waals surface area (Å²) in [5.41, 5.74) is -0.102. The van der Waals surface area contributed by atoms with E-state index in [4.69, 9.17) is 5.11 Å². The van der Waals surface area contributed by atoms with Crippen molar-refractivity contribution in [3.8, 4) is 5.75 Å². The van der Waals surface area contributed by atoms with Gasteiger partial charge < -0.3 is 20.4 Å². The zero-order valence-corrected chi connectivity index (χ0v) is 13.0. The summed E-state index contributed by atoms with van der Waals surface area (Å²) in [6.07, 6.45) is 0. The highest BCUT2D eigenvalue weighted by molar-refractivity contribution is 6.00. The van der Waals surface area contributed by atoms with Crippen LogP contribution in [0.5, 0.6) is 5.75 Å². The number of rotatable bonds is 3. The molecule has 0 heterocycles. The summed E-state index contributed by atoms with van der Waals surface area (Å²) < 4.78 is 0. The second-order valence-corrected chi connectivity index (χ2v) is 6.12. The number of benzene rings is 1. The standard InChI is InChI=1S/C15H22N2O4/c1-9(15(2,3)4)17(5)14(21)16-12-7-6-10(18)8-11(12)13(19)20/h6-9,18H,1-5H3,(H,16,21)(H,19,20). The quantitative estimate of drug-likeness (QED) is 0.747. The number of nitrogens with zero attached hydrogens (tertiary/aromatic N) is 1. The third-order valence-corrected chi connectivity index (χ3v) is 3.63. The van der Waals surface area contributed by atoms with E-state index >= 15 is 0 Å². The van der Waals surface area contributed by atoms with E-state index in [1.807, 2.05) is 27.7 Å². The molecule has 0 aromatic heterocycles. The molecule has 1 aromatic carbocycles. The number of aromatic hydroxyl groups is 1. The summed E-state index contributed by atoms with van der Waals surface area (Å²) in [6.45, 7) is 7.98. The molecule has 0 aliphatic heterocycles. The first-order valence-electron chi connectivity index (χ1n) is 6.64. The van der Waals surface area contributed by atoms with Crippen LogP contribution in [0, 0.1) is 5.41 Å². The monoisotopic (exact) mass is 294 g/mol. The highest BCUT2D eigenvalue weighted by atomic mass is 16.4. The Labute approximate surface area is 124 Å². The number of carboxylic acids is 1. The highest BCUT2D eigenvalue weighted by Crippen LogP contribution is 2.25. The maximum absolute atomic E-state index is 12.2. The van der Waals surface area contributed by atoms with Crippen molar-refractivity contribution in [2.24, 2.45) is 5.41 Å². The number of hydrogen-bond donors (Lipinski definition) is 3. The lowest BCUT2D eigenvalue weighted by molar-refractivity contribution is 0.0697. The van der Waals surface area contributed by atoms with Gasteiger partial charge in [-0.2, -0.15) is 0 Å². The number of carboxylic acid groups (broad SMARTS) is 1. The molecule has 0 saturated carbocycles. The zero-order valence-electron chi connectivity index (χ0n) is 13.0. The summed E-state index contributed by atoms with van der Waals surface area (Å²) in [4.78, 5) is 24.9. The van der Waals surface area contributed by atoms with Crippen molar-refractivity contribution in [2.75, 3.05) is 12.4 Å². The van der Waals surface area contributed by atoms with E-state index in [0.29, 0.717) is 0 Å². The van der Waals surface area contributed by atoms with E-state index in [1.165, 1.54) is 17.0 Å². The summed E-state index contributed by atoms with van der Waals surface area (Å²) in [5, 5.41) is 21.0. The molecule has 0 aliphatic carbocycles. The summed E-state index contributed by atoms with van der Waals surface area (Å²) in [7, 11) is 1.66. The van der Waals surface area contributed by atoms with Gasteiger partial charge in [-0.1, -0.05) is 20.8 Å². The van der Waals surface area contributed by atoms with Gasteiger partial charge in [0.25, 0.3) is 0 Å². The summed E-state index contributed by atoms with van der Waals surface area (Å²) in [6, 6.07) is 3.36. The van der Waals surface area contributed by atoms with Gasteiger partial charge in [-0.25, -0.2) is 9.59 Å². The van der Waals surface area contributed by atoms with E-state index < -0.39 is 12.0 Å². The topological polar surface area (TPSA) is 89.9 Å². The Kier molecular flexibility index (Phi) is 4.83. The van der Waals surface area contributed by atoms with Gasteiger partial charge in [-0.05, 0) is 30.5 Å². The van der Waals surface area contributed by atoms with E-state index in [9.17, 15) is 14.7 Å². The molecule has 1 rings (SSSR count). The van der Waals surface area contributed by atoms with Crippen LogP contribution in [0.25, 0.3) is 0 Å². The number of aromatic carboxylic acids is 1. The van der Waals surface area contributed by atoms with Gasteiger partial charge in [0.1, 0.15) is 5.75 Å². The first kappa shape index (κ1) is 16.8. The lowest BCUT2D eigenvalue weighted by Crippen LogP contribution is -2.45. The predicted octanol–water partition coefficient (Wildman–Crippen LogP) is 2.99. The average molecular weight is 294 g/mol. The van der Waals surface area contributed by atoms with Crippen molar-refractivity contribution in [3.63, 3.8) is 0 Å². The molecule has 2 amide bonds. The number of urea groups is 1. The van der Waals surface area contributed by atoms with E-state index in [1.54, 1.807) is 7.05 Å². The Morgan fingerprint density at radius 3 is 2.33 bits per heavy atom. The fourth-order valence-corrected chi connectivity index (χ4v) is 1.78. The van der Waals surface area contributed by atoms with Gasteiger partial charge in [0.15, 0.2) is 0 Å². The molecule has 1 aromatic rings. The Morgan fingerprint density at radius 2 is 1.86 bits per heavy atom. The smallest absolute Gasteiger partial charge is 0.337 e. The van der Waals surface area contributed by atoms with E-state index in [0.717, 1.165) is 6.07 Å². The fourth-order valence-electron chi connectivity index (χ4n) is 1.78. The fraction of sp³-hybridized carbons (Fsp3) is 0.467. The SMILES string of the molecule is CC(N(C)C(=O)Nc1ccc(O)cc1C(=O)O)C(C)(C)C. The molecule has 1 unspecified atom stereocenters. The largest absolute Gasteiger partial charge is 0.508 e. The average Bonchev–Trinajstić information content (AvgIpc) is 2.37. The molecular formula is C15H22N2O4. The molecule has 0 aliphatic rings. The second kappa shape index (κ2) is 6.03. The predicted molar refractivity (Wildman–Crippen MR) is 80.8 cm³/mol. The summed E-state index contributed by atoms with van der Waals surface area (Å²) >= 11 is 0. The number of carbonyl (C=O) groups is 2. The molecule has 21 heavy (non-hydrogen) atoms. The van der Waals surface area contributed by atoms with Gasteiger partial charge in [0.2, 0.25) is 0 Å². The minimum Gasteiger partial charge on any atom is -0.508 e. The number of nitrogens with one attached hydrogen (secondary N) is 1. The van der Waals surface area contributed by atoms with Crippen LogP contribution in [0.4, 0.5) is 10.5 Å². The molecule has 1 atom stereocenters. The molecule has 0 radical (unpaired) electrons. The second-order valence-electron chi connectivity index (χ2n) is 6.12. The van der Waals surface area contributed by atoms with Crippen molar-refractivity contribution < 1.29 is 19.8 Å². The molecule has 116 valence electrons. The van der Waals surface area contributed by atoms with Gasteiger partial charge in [-0.15, -0.1) is 0 Å². The number of anilines is 1. The van der Waals surface area contributed by atoms with Gasteiger partial charge in [0, 0.05) is 13.1 Å². The van der Waals surface area contributed by atoms with Crippen molar-refractivity contribution in [2.45, 2.75) is 33.7 Å². The minimum absolute atomic E-state index is 0.0390. The van der Waals surface area contributed by atoms with Crippen LogP contribution in [0.1, 0.15) is 38.1 Å². The zero-order chi connectivity index (χ0) is 16.4. The van der Waals surface area contributed by atoms with Crippen molar-refractivity contribution >= 4 is 17.7 Å². The Morgan fingerprint density at radius 1 is 1.29 bits per heavy atom. The molecule has 3 N–H and O–H groups in total. The molecular weight excluding hydrogens is 272 g/mol. The van der Waals surface area contributed by atoms with Crippen LogP contribution in [0.15, 0.2) is 18.2 Å². The normalized spacial score (nSPS) is 12.6. The molecule has 6 nitrogen and oxygen atoms in total. The number of hydrogen-bond acceptors (Lipinski definition) is 3. The molecule has 0 bridgehead atoms. The lowest BCUT2D eigenvalue weighted by Gasteiger charge is -2.35. The molecule has 0 saturated heterocycles. The van der Waals surface area contributed by atoms with Crippen LogP contribution in [-0.2, 0) is 0 Å². The Hall–Kier alpha value is -2.24. The maximum atomic E-state index is 12.2. The number of phenols is 1. The van der Waals surface area contributed by atoms with Crippen LogP contribution in [0.3, 0.4) is 0 Å². The molecule has 0 spiro atoms.